The molecule has 0 spiro atoms. The number of amides is 2. The summed E-state index contributed by atoms with van der Waals surface area (Å²) in [5.41, 5.74) is 1.76. The lowest BCUT2D eigenvalue weighted by Crippen LogP contribution is -2.54. The summed E-state index contributed by atoms with van der Waals surface area (Å²) in [4.78, 5) is 30.0. The van der Waals surface area contributed by atoms with Crippen LogP contribution in [0.15, 0.2) is 108 Å². The predicted molar refractivity (Wildman–Crippen MR) is 182 cm³/mol. The molecule has 246 valence electrons. The molecule has 1 N–H and O–H groups in total. The highest BCUT2D eigenvalue weighted by molar-refractivity contribution is 7.92. The van der Waals surface area contributed by atoms with Crippen LogP contribution in [0, 0.1) is 0 Å². The third kappa shape index (κ3) is 8.44. The molecule has 4 aromatic rings. The van der Waals surface area contributed by atoms with Crippen LogP contribution in [0.4, 0.5) is 5.69 Å². The van der Waals surface area contributed by atoms with E-state index in [4.69, 9.17) is 21.1 Å². The molecule has 2 amide bonds. The Morgan fingerprint density at radius 2 is 1.51 bits per heavy atom. The van der Waals surface area contributed by atoms with Gasteiger partial charge in [-0.2, -0.15) is 0 Å². The van der Waals surface area contributed by atoms with Crippen molar-refractivity contribution in [3.8, 4) is 11.5 Å². The molecule has 0 unspecified atom stereocenters. The van der Waals surface area contributed by atoms with Crippen molar-refractivity contribution in [2.24, 2.45) is 0 Å². The molecule has 0 aliphatic carbocycles. The van der Waals surface area contributed by atoms with Crippen molar-refractivity contribution in [2.75, 3.05) is 24.1 Å². The van der Waals surface area contributed by atoms with Crippen molar-refractivity contribution in [3.63, 3.8) is 0 Å². The number of carbonyl (C=O) groups is 2. The molecule has 0 aromatic heterocycles. The van der Waals surface area contributed by atoms with Crippen molar-refractivity contribution < 1.29 is 27.5 Å². The Bertz CT molecular complexity index is 1790. The first kappa shape index (κ1) is 33.8. The van der Waals surface area contributed by atoms with Crippen molar-refractivity contribution in [2.45, 2.75) is 50.2 Å². The van der Waals surface area contributed by atoms with Crippen LogP contribution in [-0.2, 0) is 32.6 Å². The number of sulfonamides is 1. The number of nitrogens with zero attached hydrogens (tertiary/aromatic N) is 2. The molecular formula is C36H38ClN3O6S. The van der Waals surface area contributed by atoms with Gasteiger partial charge in [0.1, 0.15) is 25.8 Å². The van der Waals surface area contributed by atoms with Crippen LogP contribution in [0.2, 0.25) is 5.02 Å². The highest BCUT2D eigenvalue weighted by Crippen LogP contribution is 2.36. The molecule has 0 saturated heterocycles. The van der Waals surface area contributed by atoms with Gasteiger partial charge in [0.05, 0.1) is 10.6 Å². The summed E-state index contributed by atoms with van der Waals surface area (Å²) in [6, 6.07) is 28.0. The molecule has 0 fully saturated rings. The molecule has 47 heavy (non-hydrogen) atoms. The summed E-state index contributed by atoms with van der Waals surface area (Å²) >= 11 is 6.33. The minimum Gasteiger partial charge on any atom is -0.486 e. The van der Waals surface area contributed by atoms with Gasteiger partial charge in [-0.1, -0.05) is 79.2 Å². The molecule has 4 aromatic carbocycles. The lowest BCUT2D eigenvalue weighted by atomic mass is 10.0. The molecular weight excluding hydrogens is 638 g/mol. The van der Waals surface area contributed by atoms with E-state index in [2.05, 4.69) is 5.32 Å². The summed E-state index contributed by atoms with van der Waals surface area (Å²) in [7, 11) is -4.25. The van der Waals surface area contributed by atoms with Gasteiger partial charge in [0, 0.05) is 30.1 Å². The number of nitrogens with one attached hydrogen (secondary N) is 1. The predicted octanol–water partition coefficient (Wildman–Crippen LogP) is 5.86. The molecule has 2 atom stereocenters. The second-order valence-corrected chi connectivity index (χ2v) is 13.6. The van der Waals surface area contributed by atoms with Crippen LogP contribution < -0.4 is 19.1 Å². The summed E-state index contributed by atoms with van der Waals surface area (Å²) in [5.74, 6) is -0.0503. The molecule has 1 heterocycles. The van der Waals surface area contributed by atoms with Gasteiger partial charge in [-0.25, -0.2) is 8.42 Å². The number of fused-ring (bicyclic) bond motifs is 1. The zero-order chi connectivity index (χ0) is 33.4. The number of rotatable bonds is 13. The number of benzene rings is 4. The number of ether oxygens (including phenoxy) is 2. The Labute approximate surface area is 281 Å². The Morgan fingerprint density at radius 3 is 2.19 bits per heavy atom. The second-order valence-electron chi connectivity index (χ2n) is 11.3. The van der Waals surface area contributed by atoms with Gasteiger partial charge in [0.15, 0.2) is 11.5 Å². The fraction of sp³-hybridized carbons (Fsp3) is 0.278. The average molecular weight is 676 g/mol. The van der Waals surface area contributed by atoms with E-state index < -0.39 is 28.5 Å². The lowest BCUT2D eigenvalue weighted by molar-refractivity contribution is -0.140. The molecule has 5 rings (SSSR count). The van der Waals surface area contributed by atoms with Crippen molar-refractivity contribution in [1.29, 1.82) is 0 Å². The lowest BCUT2D eigenvalue weighted by Gasteiger charge is -2.34. The number of hydrogen-bond acceptors (Lipinski definition) is 6. The average Bonchev–Trinajstić information content (AvgIpc) is 3.09. The van der Waals surface area contributed by atoms with Gasteiger partial charge in [0.2, 0.25) is 11.8 Å². The van der Waals surface area contributed by atoms with Crippen LogP contribution in [0.3, 0.4) is 0 Å². The van der Waals surface area contributed by atoms with E-state index in [9.17, 15) is 18.0 Å². The van der Waals surface area contributed by atoms with Crippen LogP contribution in [0.25, 0.3) is 0 Å². The Hall–Kier alpha value is -4.54. The molecule has 0 saturated carbocycles. The van der Waals surface area contributed by atoms with Gasteiger partial charge >= 0.3 is 0 Å². The molecule has 0 bridgehead atoms. The minimum atomic E-state index is -4.25. The fourth-order valence-corrected chi connectivity index (χ4v) is 6.90. The highest BCUT2D eigenvalue weighted by Gasteiger charge is 2.35. The van der Waals surface area contributed by atoms with Crippen molar-refractivity contribution in [1.82, 2.24) is 10.2 Å². The van der Waals surface area contributed by atoms with E-state index in [1.54, 1.807) is 54.6 Å². The largest absolute Gasteiger partial charge is 0.486 e. The van der Waals surface area contributed by atoms with Gasteiger partial charge < -0.3 is 19.7 Å². The van der Waals surface area contributed by atoms with Gasteiger partial charge in [-0.3, -0.25) is 13.9 Å². The van der Waals surface area contributed by atoms with Gasteiger partial charge in [-0.15, -0.1) is 0 Å². The maximum atomic E-state index is 14.6. The molecule has 1 aliphatic rings. The maximum absolute atomic E-state index is 14.6. The monoisotopic (exact) mass is 675 g/mol. The molecule has 11 heteroatoms. The van der Waals surface area contributed by atoms with E-state index in [-0.39, 0.29) is 35.5 Å². The minimum absolute atomic E-state index is 0.0134. The van der Waals surface area contributed by atoms with Crippen LogP contribution >= 0.6 is 11.6 Å². The Kier molecular flexibility index (Phi) is 11.1. The van der Waals surface area contributed by atoms with E-state index in [1.807, 2.05) is 50.2 Å². The zero-order valence-electron chi connectivity index (χ0n) is 26.3. The van der Waals surface area contributed by atoms with Crippen LogP contribution in [0.1, 0.15) is 31.4 Å². The Balaban J connectivity index is 1.59. The summed E-state index contributed by atoms with van der Waals surface area (Å²) in [6.45, 7) is 3.98. The SMILES string of the molecule is CC[C@@H](C)NC(=O)[C@@H](Cc1ccccc1)N(Cc1cccc(Cl)c1)C(=O)CN(c1ccc2c(c1)OCCO2)S(=O)(=O)c1ccccc1. The van der Waals surface area contributed by atoms with Crippen molar-refractivity contribution in [3.05, 3.63) is 119 Å². The first-order valence-corrected chi connectivity index (χ1v) is 17.3. The first-order chi connectivity index (χ1) is 22.7. The Morgan fingerprint density at radius 1 is 0.851 bits per heavy atom. The first-order valence-electron chi connectivity index (χ1n) is 15.5. The molecule has 1 aliphatic heterocycles. The molecule has 9 nitrogen and oxygen atoms in total. The summed E-state index contributed by atoms with van der Waals surface area (Å²) < 4.78 is 40.9. The van der Waals surface area contributed by atoms with Gasteiger partial charge in [-0.05, 0) is 60.9 Å². The number of halogens is 1. The fourth-order valence-electron chi connectivity index (χ4n) is 5.26. The third-order valence-corrected chi connectivity index (χ3v) is 9.96. The standard InChI is InChI=1S/C36H38ClN3O6S/c1-3-26(2)38-36(42)32(22-27-11-6-4-7-12-27)39(24-28-13-10-14-29(37)21-28)35(41)25-40(47(43,44)31-15-8-5-9-16-31)30-17-18-33-34(23-30)46-20-19-45-33/h4-18,21,23,26,32H,3,19-20,22,24-25H2,1-2H3,(H,38,42)/t26-,32-/m1/s1. The molecule has 0 radical (unpaired) electrons. The third-order valence-electron chi connectivity index (χ3n) is 7.94. The van der Waals surface area contributed by atoms with Gasteiger partial charge in [0.25, 0.3) is 10.0 Å². The summed E-state index contributed by atoms with van der Waals surface area (Å²) in [5, 5.41) is 3.51. The second kappa shape index (κ2) is 15.4. The number of anilines is 1. The normalized spacial score (nSPS) is 13.7. The highest BCUT2D eigenvalue weighted by atomic mass is 35.5. The summed E-state index contributed by atoms with van der Waals surface area (Å²) in [6.07, 6.45) is 0.907. The van der Waals surface area contributed by atoms with Crippen LogP contribution in [-0.4, -0.2) is 57.0 Å². The van der Waals surface area contributed by atoms with E-state index >= 15 is 0 Å². The van der Waals surface area contributed by atoms with E-state index in [0.717, 1.165) is 9.87 Å². The quantitative estimate of drug-likeness (QED) is 0.190. The number of carbonyl (C=O) groups excluding carboxylic acids is 2. The van der Waals surface area contributed by atoms with E-state index in [0.29, 0.717) is 41.7 Å². The maximum Gasteiger partial charge on any atom is 0.264 e. The van der Waals surface area contributed by atoms with Crippen molar-refractivity contribution >= 4 is 39.1 Å². The zero-order valence-corrected chi connectivity index (χ0v) is 27.9. The van der Waals surface area contributed by atoms with Crippen LogP contribution in [0.5, 0.6) is 11.5 Å². The van der Waals surface area contributed by atoms with E-state index in [1.165, 1.54) is 17.0 Å². The smallest absolute Gasteiger partial charge is 0.264 e. The topological polar surface area (TPSA) is 105 Å². The number of hydrogen-bond donors (Lipinski definition) is 1.